The lowest BCUT2D eigenvalue weighted by Gasteiger charge is -2.04. The molecule has 1 N–H and O–H groups in total. The van der Waals surface area contributed by atoms with E-state index in [-0.39, 0.29) is 11.5 Å². The number of carbonyl (C=O) groups excluding carboxylic acids is 2. The number of rotatable bonds is 5. The number of nitrogens with one attached hydrogen (secondary N) is 1. The predicted molar refractivity (Wildman–Crippen MR) is 83.0 cm³/mol. The summed E-state index contributed by atoms with van der Waals surface area (Å²) in [6, 6.07) is 7.19. The van der Waals surface area contributed by atoms with Crippen molar-refractivity contribution in [1.82, 2.24) is 5.32 Å². The highest BCUT2D eigenvalue weighted by atomic mass is 16.5. The summed E-state index contributed by atoms with van der Waals surface area (Å²) in [5.41, 5.74) is 1.84. The minimum atomic E-state index is -0.534. The topological polar surface area (TPSA) is 64.6 Å². The molecule has 0 spiro atoms. The van der Waals surface area contributed by atoms with Crippen molar-refractivity contribution in [3.05, 3.63) is 59.3 Å². The number of esters is 1. The third kappa shape index (κ3) is 3.25. The van der Waals surface area contributed by atoms with Crippen molar-refractivity contribution in [2.45, 2.75) is 6.92 Å². The number of benzene rings is 1. The van der Waals surface area contributed by atoms with Crippen LogP contribution in [-0.4, -0.2) is 25.6 Å². The smallest absolute Gasteiger partial charge is 0.340 e. The Morgan fingerprint density at radius 3 is 2.59 bits per heavy atom. The molecule has 0 aliphatic carbocycles. The summed E-state index contributed by atoms with van der Waals surface area (Å²) in [4.78, 5) is 23.8. The molecular formula is C17H17NO4. The summed E-state index contributed by atoms with van der Waals surface area (Å²) in [6.45, 7) is 5.67. The van der Waals surface area contributed by atoms with E-state index in [1.165, 1.54) is 7.11 Å². The number of amides is 1. The first-order chi connectivity index (χ1) is 10.6. The predicted octanol–water partition coefficient (Wildman–Crippen LogP) is 2.21. The highest BCUT2D eigenvalue weighted by molar-refractivity contribution is 6.16. The lowest BCUT2D eigenvalue weighted by Crippen LogP contribution is -2.15. The monoisotopic (exact) mass is 299 g/mol. The molecule has 0 bridgehead atoms. The van der Waals surface area contributed by atoms with Gasteiger partial charge in [0.15, 0.2) is 0 Å². The molecular weight excluding hydrogens is 282 g/mol. The molecule has 0 saturated carbocycles. The highest BCUT2D eigenvalue weighted by Crippen LogP contribution is 2.25. The van der Waals surface area contributed by atoms with E-state index in [1.807, 2.05) is 0 Å². The lowest BCUT2D eigenvalue weighted by molar-refractivity contribution is -0.136. The fourth-order valence-corrected chi connectivity index (χ4v) is 2.10. The maximum atomic E-state index is 12.0. The first-order valence-electron chi connectivity index (χ1n) is 6.73. The van der Waals surface area contributed by atoms with Gasteiger partial charge in [-0.05, 0) is 30.7 Å². The van der Waals surface area contributed by atoms with Gasteiger partial charge in [0.05, 0.1) is 18.3 Å². The minimum Gasteiger partial charge on any atom is -0.490 e. The maximum absolute atomic E-state index is 12.0. The first-order valence-corrected chi connectivity index (χ1v) is 6.73. The van der Waals surface area contributed by atoms with Crippen molar-refractivity contribution >= 4 is 18.0 Å². The average molecular weight is 299 g/mol. The average Bonchev–Trinajstić information content (AvgIpc) is 2.80. The van der Waals surface area contributed by atoms with Crippen LogP contribution in [0.25, 0.3) is 6.08 Å². The second-order valence-corrected chi connectivity index (χ2v) is 4.67. The number of carbonyl (C=O) groups is 2. The second-order valence-electron chi connectivity index (χ2n) is 4.67. The summed E-state index contributed by atoms with van der Waals surface area (Å²) in [5, 5.41) is 2.63. The second kappa shape index (κ2) is 6.76. The van der Waals surface area contributed by atoms with E-state index in [4.69, 9.17) is 9.47 Å². The van der Waals surface area contributed by atoms with Crippen molar-refractivity contribution in [2.24, 2.45) is 0 Å². The standard InChI is InChI=1S/C17H17NO4/c1-4-9-22-13-7-5-12(6-8-13)10-14-15(17(20)21-3)11(2)18-16(14)19/h4-8,10H,1,9H2,2-3H3,(H,18,19). The normalized spacial score (nSPS) is 15.7. The van der Waals surface area contributed by atoms with Gasteiger partial charge in [0, 0.05) is 5.70 Å². The quantitative estimate of drug-likeness (QED) is 0.514. The number of allylic oxidation sites excluding steroid dienone is 1. The van der Waals surface area contributed by atoms with Gasteiger partial charge in [-0.1, -0.05) is 24.8 Å². The van der Waals surface area contributed by atoms with E-state index in [2.05, 4.69) is 11.9 Å². The molecule has 1 aliphatic heterocycles. The molecule has 0 atom stereocenters. The van der Waals surface area contributed by atoms with Crippen LogP contribution in [0, 0.1) is 0 Å². The van der Waals surface area contributed by atoms with Gasteiger partial charge in [0.25, 0.3) is 5.91 Å². The Morgan fingerprint density at radius 1 is 1.32 bits per heavy atom. The Kier molecular flexibility index (Phi) is 4.78. The summed E-state index contributed by atoms with van der Waals surface area (Å²) >= 11 is 0. The van der Waals surface area contributed by atoms with Gasteiger partial charge in [0.2, 0.25) is 0 Å². The van der Waals surface area contributed by atoms with Crippen LogP contribution in [0.1, 0.15) is 12.5 Å². The van der Waals surface area contributed by atoms with Crippen LogP contribution in [0.4, 0.5) is 0 Å². The van der Waals surface area contributed by atoms with Crippen molar-refractivity contribution in [2.75, 3.05) is 13.7 Å². The lowest BCUT2D eigenvalue weighted by atomic mass is 10.0. The van der Waals surface area contributed by atoms with E-state index in [9.17, 15) is 9.59 Å². The molecule has 0 fully saturated rings. The molecule has 0 saturated heterocycles. The van der Waals surface area contributed by atoms with Crippen LogP contribution in [-0.2, 0) is 14.3 Å². The highest BCUT2D eigenvalue weighted by Gasteiger charge is 2.30. The third-order valence-electron chi connectivity index (χ3n) is 3.14. The van der Waals surface area contributed by atoms with Crippen LogP contribution in [0.15, 0.2) is 53.8 Å². The van der Waals surface area contributed by atoms with E-state index >= 15 is 0 Å². The van der Waals surface area contributed by atoms with Crippen molar-refractivity contribution < 1.29 is 19.1 Å². The molecule has 0 aromatic heterocycles. The molecule has 1 heterocycles. The van der Waals surface area contributed by atoms with Gasteiger partial charge in [-0.15, -0.1) is 0 Å². The SMILES string of the molecule is C=CCOc1ccc(C=C2C(=O)NC(C)=C2C(=O)OC)cc1. The van der Waals surface area contributed by atoms with Gasteiger partial charge in [-0.25, -0.2) is 4.79 Å². The molecule has 0 unspecified atom stereocenters. The molecule has 1 aliphatic rings. The molecule has 114 valence electrons. The molecule has 5 nitrogen and oxygen atoms in total. The Morgan fingerprint density at radius 2 is 2.00 bits per heavy atom. The number of hydrogen-bond donors (Lipinski definition) is 1. The molecule has 1 amide bonds. The van der Waals surface area contributed by atoms with Gasteiger partial charge in [0.1, 0.15) is 12.4 Å². The molecule has 1 aromatic rings. The summed E-state index contributed by atoms with van der Waals surface area (Å²) in [5.74, 6) is -0.143. The molecule has 2 rings (SSSR count). The summed E-state index contributed by atoms with van der Waals surface area (Å²) in [6.07, 6.45) is 3.31. The Bertz CT molecular complexity index is 668. The molecule has 1 aromatic carbocycles. The summed E-state index contributed by atoms with van der Waals surface area (Å²) in [7, 11) is 1.29. The molecule has 0 radical (unpaired) electrons. The maximum Gasteiger partial charge on any atom is 0.340 e. The Hall–Kier alpha value is -2.82. The van der Waals surface area contributed by atoms with Crippen LogP contribution >= 0.6 is 0 Å². The number of ether oxygens (including phenoxy) is 2. The Balaban J connectivity index is 2.29. The van der Waals surface area contributed by atoms with Crippen molar-refractivity contribution in [3.8, 4) is 5.75 Å². The van der Waals surface area contributed by atoms with E-state index < -0.39 is 5.97 Å². The van der Waals surface area contributed by atoms with Crippen LogP contribution in [0.2, 0.25) is 0 Å². The van der Waals surface area contributed by atoms with Gasteiger partial charge >= 0.3 is 5.97 Å². The number of methoxy groups -OCH3 is 1. The first kappa shape index (κ1) is 15.6. The van der Waals surface area contributed by atoms with Crippen molar-refractivity contribution in [1.29, 1.82) is 0 Å². The third-order valence-corrected chi connectivity index (χ3v) is 3.14. The molecule has 22 heavy (non-hydrogen) atoms. The van der Waals surface area contributed by atoms with Gasteiger partial charge in [-0.3, -0.25) is 4.79 Å². The van der Waals surface area contributed by atoms with Gasteiger partial charge < -0.3 is 14.8 Å². The van der Waals surface area contributed by atoms with E-state index in [1.54, 1.807) is 43.3 Å². The van der Waals surface area contributed by atoms with Crippen LogP contribution < -0.4 is 10.1 Å². The minimum absolute atomic E-state index is 0.263. The van der Waals surface area contributed by atoms with E-state index in [0.29, 0.717) is 23.6 Å². The van der Waals surface area contributed by atoms with Crippen molar-refractivity contribution in [3.63, 3.8) is 0 Å². The Labute approximate surface area is 128 Å². The zero-order valence-corrected chi connectivity index (χ0v) is 12.5. The fourth-order valence-electron chi connectivity index (χ4n) is 2.10. The zero-order chi connectivity index (χ0) is 16.1. The summed E-state index contributed by atoms with van der Waals surface area (Å²) < 4.78 is 10.1. The number of hydrogen-bond acceptors (Lipinski definition) is 4. The zero-order valence-electron chi connectivity index (χ0n) is 12.5. The largest absolute Gasteiger partial charge is 0.490 e. The van der Waals surface area contributed by atoms with Crippen LogP contribution in [0.5, 0.6) is 5.75 Å². The van der Waals surface area contributed by atoms with E-state index in [0.717, 1.165) is 5.56 Å². The fraction of sp³-hybridized carbons (Fsp3) is 0.176. The molecule has 5 heteroatoms. The van der Waals surface area contributed by atoms with Crippen LogP contribution in [0.3, 0.4) is 0 Å². The van der Waals surface area contributed by atoms with Gasteiger partial charge in [-0.2, -0.15) is 0 Å².